The van der Waals surface area contributed by atoms with Crippen LogP contribution in [0.25, 0.3) is 16.5 Å². The number of aromatic nitrogens is 1. The molecule has 6 heteroatoms. The summed E-state index contributed by atoms with van der Waals surface area (Å²) in [6.07, 6.45) is 2.69. The van der Waals surface area contributed by atoms with Gasteiger partial charge < -0.3 is 14.2 Å². The van der Waals surface area contributed by atoms with Gasteiger partial charge in [-0.15, -0.1) is 0 Å². The highest BCUT2D eigenvalue weighted by Crippen LogP contribution is 2.33. The molecular formula is C18H19ClN2O3. The summed E-state index contributed by atoms with van der Waals surface area (Å²) in [5.74, 6) is -0.574. The highest BCUT2D eigenvalue weighted by molar-refractivity contribution is 6.31. The zero-order valence-electron chi connectivity index (χ0n) is 13.9. The van der Waals surface area contributed by atoms with Gasteiger partial charge in [0.25, 0.3) is 0 Å². The molecule has 0 saturated carbocycles. The summed E-state index contributed by atoms with van der Waals surface area (Å²) in [6, 6.07) is 5.11. The van der Waals surface area contributed by atoms with E-state index in [4.69, 9.17) is 16.3 Å². The number of aryl methyl sites for hydroxylation is 1. The zero-order chi connectivity index (χ0) is 17.4. The van der Waals surface area contributed by atoms with Gasteiger partial charge >= 0.3 is 5.97 Å². The number of halogens is 1. The van der Waals surface area contributed by atoms with Crippen molar-refractivity contribution in [3.05, 3.63) is 50.9 Å². The van der Waals surface area contributed by atoms with Crippen molar-refractivity contribution in [1.29, 1.82) is 0 Å². The molecule has 1 aromatic heterocycles. The number of fused-ring (bicyclic) bond motifs is 3. The van der Waals surface area contributed by atoms with E-state index in [1.165, 1.54) is 0 Å². The van der Waals surface area contributed by atoms with E-state index in [1.807, 2.05) is 29.8 Å². The molecule has 5 nitrogen and oxygen atoms in total. The van der Waals surface area contributed by atoms with Gasteiger partial charge in [0.2, 0.25) is 5.43 Å². The van der Waals surface area contributed by atoms with Gasteiger partial charge in [-0.2, -0.15) is 0 Å². The van der Waals surface area contributed by atoms with E-state index >= 15 is 0 Å². The molecule has 1 aliphatic heterocycles. The van der Waals surface area contributed by atoms with Crippen LogP contribution < -0.4 is 5.43 Å². The minimum absolute atomic E-state index is 0.109. The first kappa shape index (κ1) is 16.6. The van der Waals surface area contributed by atoms with Crippen LogP contribution in [0.3, 0.4) is 0 Å². The summed E-state index contributed by atoms with van der Waals surface area (Å²) >= 11 is 6.12. The first-order chi connectivity index (χ1) is 11.4. The Kier molecular flexibility index (Phi) is 4.37. The monoisotopic (exact) mass is 346 g/mol. The highest BCUT2D eigenvalue weighted by atomic mass is 35.5. The van der Waals surface area contributed by atoms with Crippen molar-refractivity contribution < 1.29 is 9.53 Å². The van der Waals surface area contributed by atoms with Crippen LogP contribution in [0, 0.1) is 0 Å². The number of carbonyl (C=O) groups excluding carboxylic acids is 1. The van der Waals surface area contributed by atoms with Gasteiger partial charge in [0.05, 0.1) is 17.8 Å². The smallest absolute Gasteiger partial charge is 0.344 e. The predicted octanol–water partition coefficient (Wildman–Crippen LogP) is 3.14. The molecule has 1 aliphatic rings. The van der Waals surface area contributed by atoms with Gasteiger partial charge in [-0.25, -0.2) is 4.79 Å². The van der Waals surface area contributed by atoms with E-state index in [-0.39, 0.29) is 17.6 Å². The maximum atomic E-state index is 12.9. The summed E-state index contributed by atoms with van der Waals surface area (Å²) in [6.45, 7) is 2.65. The third kappa shape index (κ3) is 2.69. The molecule has 0 bridgehead atoms. The number of carbonyl (C=O) groups is 1. The number of hydrogen-bond donors (Lipinski definition) is 0. The Morgan fingerprint density at radius 1 is 1.42 bits per heavy atom. The van der Waals surface area contributed by atoms with Crippen LogP contribution in [0.15, 0.2) is 29.2 Å². The molecule has 0 N–H and O–H groups in total. The molecule has 0 atom stereocenters. The molecule has 2 heterocycles. The van der Waals surface area contributed by atoms with E-state index < -0.39 is 5.97 Å². The molecule has 0 saturated heterocycles. The fourth-order valence-electron chi connectivity index (χ4n) is 3.16. The number of nitrogens with zero attached hydrogens (tertiary/aromatic N) is 2. The normalized spacial score (nSPS) is 14.9. The summed E-state index contributed by atoms with van der Waals surface area (Å²) in [4.78, 5) is 27.3. The summed E-state index contributed by atoms with van der Waals surface area (Å²) in [5.41, 5.74) is 2.14. The van der Waals surface area contributed by atoms with Gasteiger partial charge in [0.15, 0.2) is 0 Å². The average Bonchev–Trinajstić information content (AvgIpc) is 2.90. The summed E-state index contributed by atoms with van der Waals surface area (Å²) < 4.78 is 7.13. The van der Waals surface area contributed by atoms with E-state index in [0.717, 1.165) is 17.5 Å². The van der Waals surface area contributed by atoms with Crippen LogP contribution in [0.2, 0.25) is 5.02 Å². The molecule has 0 amide bonds. The lowest BCUT2D eigenvalue weighted by Gasteiger charge is -2.15. The number of esters is 1. The van der Waals surface area contributed by atoms with Crippen molar-refractivity contribution in [2.45, 2.75) is 19.9 Å². The number of rotatable bonds is 3. The number of benzene rings is 1. The van der Waals surface area contributed by atoms with Crippen molar-refractivity contribution in [3.63, 3.8) is 0 Å². The minimum atomic E-state index is -0.574. The lowest BCUT2D eigenvalue weighted by atomic mass is 10.0. The third-order valence-electron chi connectivity index (χ3n) is 4.03. The fraction of sp³-hybridized carbons (Fsp3) is 0.333. The van der Waals surface area contributed by atoms with Crippen molar-refractivity contribution in [3.8, 4) is 0 Å². The molecule has 0 unspecified atom stereocenters. The molecule has 0 fully saturated rings. The maximum absolute atomic E-state index is 12.9. The van der Waals surface area contributed by atoms with E-state index in [2.05, 4.69) is 0 Å². The SMILES string of the molecule is CCOC(=O)c1c2n(c3cc(Cl)ccc3c1=O)CC/C2=C\N(C)C. The molecule has 0 aliphatic carbocycles. The van der Waals surface area contributed by atoms with E-state index in [9.17, 15) is 9.59 Å². The molecule has 1 aromatic carbocycles. The van der Waals surface area contributed by atoms with Crippen LogP contribution in [0.4, 0.5) is 0 Å². The average molecular weight is 347 g/mol. The maximum Gasteiger partial charge on any atom is 0.344 e. The Morgan fingerprint density at radius 3 is 2.83 bits per heavy atom. The molecular weight excluding hydrogens is 328 g/mol. The van der Waals surface area contributed by atoms with Crippen molar-refractivity contribution in [2.24, 2.45) is 0 Å². The largest absolute Gasteiger partial charge is 0.462 e. The number of hydrogen-bond acceptors (Lipinski definition) is 4. The second-order valence-corrected chi connectivity index (χ2v) is 6.39. The van der Waals surface area contributed by atoms with Crippen LogP contribution in [-0.4, -0.2) is 36.1 Å². The number of allylic oxidation sites excluding steroid dienone is 1. The molecule has 3 rings (SSSR count). The number of ether oxygens (including phenoxy) is 1. The molecule has 2 aromatic rings. The lowest BCUT2D eigenvalue weighted by molar-refractivity contribution is 0.0524. The van der Waals surface area contributed by atoms with Gasteiger partial charge in [0.1, 0.15) is 5.56 Å². The lowest BCUT2D eigenvalue weighted by Crippen LogP contribution is -2.23. The molecule has 0 radical (unpaired) electrons. The van der Waals surface area contributed by atoms with Crippen LogP contribution in [-0.2, 0) is 11.3 Å². The van der Waals surface area contributed by atoms with Gasteiger partial charge in [-0.1, -0.05) is 11.6 Å². The first-order valence-corrected chi connectivity index (χ1v) is 8.22. The topological polar surface area (TPSA) is 51.5 Å². The molecule has 24 heavy (non-hydrogen) atoms. The van der Waals surface area contributed by atoms with Crippen LogP contribution in [0.5, 0.6) is 0 Å². The Morgan fingerprint density at radius 2 is 2.17 bits per heavy atom. The molecule has 0 spiro atoms. The van der Waals surface area contributed by atoms with Crippen LogP contribution >= 0.6 is 11.6 Å². The van der Waals surface area contributed by atoms with Crippen molar-refractivity contribution in [1.82, 2.24) is 9.47 Å². The van der Waals surface area contributed by atoms with Crippen LogP contribution in [0.1, 0.15) is 29.4 Å². The molecule has 126 valence electrons. The second-order valence-electron chi connectivity index (χ2n) is 5.95. The Balaban J connectivity index is 2.41. The highest BCUT2D eigenvalue weighted by Gasteiger charge is 2.29. The fourth-order valence-corrected chi connectivity index (χ4v) is 3.33. The Hall–Kier alpha value is -2.27. The zero-order valence-corrected chi connectivity index (χ0v) is 14.7. The van der Waals surface area contributed by atoms with Gasteiger partial charge in [-0.05, 0) is 37.1 Å². The van der Waals surface area contributed by atoms with Crippen molar-refractivity contribution in [2.75, 3.05) is 20.7 Å². The van der Waals surface area contributed by atoms with E-state index in [0.29, 0.717) is 22.6 Å². The third-order valence-corrected chi connectivity index (χ3v) is 4.27. The van der Waals surface area contributed by atoms with Crippen molar-refractivity contribution >= 4 is 34.0 Å². The predicted molar refractivity (Wildman–Crippen MR) is 95.5 cm³/mol. The Bertz CT molecular complexity index is 913. The Labute approximate surface area is 145 Å². The summed E-state index contributed by atoms with van der Waals surface area (Å²) in [7, 11) is 3.82. The minimum Gasteiger partial charge on any atom is -0.462 e. The van der Waals surface area contributed by atoms with Gasteiger partial charge in [-0.3, -0.25) is 4.79 Å². The first-order valence-electron chi connectivity index (χ1n) is 7.84. The standard InChI is InChI=1S/C18H19ClN2O3/c1-4-24-18(23)15-16-11(10-20(2)3)7-8-21(16)14-9-12(19)5-6-13(14)17(15)22/h5-6,9-10H,4,7-8H2,1-3H3/b11-10+. The van der Waals surface area contributed by atoms with E-state index in [1.54, 1.807) is 25.1 Å². The van der Waals surface area contributed by atoms with Gasteiger partial charge in [0, 0.05) is 37.2 Å². The second kappa shape index (κ2) is 6.32. The summed E-state index contributed by atoms with van der Waals surface area (Å²) in [5, 5.41) is 1.04. The number of pyridine rings is 1. The quantitative estimate of drug-likeness (QED) is 0.801.